The Hall–Kier alpha value is -0.890. The average Bonchev–Trinajstić information content (AvgIpc) is 2.86. The molecular formula is C20H34O2. The SMILES string of the molecule is CCC/C=C\CCC1C(=O)CCC1/C=C/C(O)CCCCC. The summed E-state index contributed by atoms with van der Waals surface area (Å²) in [6.45, 7) is 4.35. The monoisotopic (exact) mass is 306 g/mol. The first-order valence-corrected chi connectivity index (χ1v) is 9.23. The molecular weight excluding hydrogens is 272 g/mol. The summed E-state index contributed by atoms with van der Waals surface area (Å²) in [7, 11) is 0. The minimum Gasteiger partial charge on any atom is -0.389 e. The molecule has 0 aromatic heterocycles. The van der Waals surface area contributed by atoms with Crippen molar-refractivity contribution in [1.82, 2.24) is 0 Å². The lowest BCUT2D eigenvalue weighted by Crippen LogP contribution is -2.13. The van der Waals surface area contributed by atoms with Crippen LogP contribution in [-0.2, 0) is 4.79 Å². The molecule has 1 N–H and O–H groups in total. The maximum Gasteiger partial charge on any atom is 0.136 e. The molecule has 0 aromatic rings. The fraction of sp³-hybridized carbons (Fsp3) is 0.750. The molecule has 0 saturated heterocycles. The Morgan fingerprint density at radius 3 is 2.68 bits per heavy atom. The Labute approximate surface area is 136 Å². The normalized spacial score (nSPS) is 23.9. The average molecular weight is 306 g/mol. The Morgan fingerprint density at radius 1 is 1.18 bits per heavy atom. The Bertz CT molecular complexity index is 357. The van der Waals surface area contributed by atoms with Gasteiger partial charge in [-0.15, -0.1) is 0 Å². The van der Waals surface area contributed by atoms with E-state index in [0.29, 0.717) is 18.1 Å². The van der Waals surface area contributed by atoms with E-state index in [1.807, 2.05) is 6.08 Å². The van der Waals surface area contributed by atoms with Crippen LogP contribution >= 0.6 is 0 Å². The van der Waals surface area contributed by atoms with Crippen LogP contribution in [0.3, 0.4) is 0 Å². The third-order valence-electron chi connectivity index (χ3n) is 4.60. The zero-order valence-electron chi connectivity index (χ0n) is 14.5. The summed E-state index contributed by atoms with van der Waals surface area (Å²) in [6.07, 6.45) is 18.4. The molecule has 126 valence electrons. The minimum atomic E-state index is -0.340. The quantitative estimate of drug-likeness (QED) is 0.420. The lowest BCUT2D eigenvalue weighted by molar-refractivity contribution is -0.121. The lowest BCUT2D eigenvalue weighted by atomic mass is 9.90. The van der Waals surface area contributed by atoms with Gasteiger partial charge < -0.3 is 5.11 Å². The summed E-state index contributed by atoms with van der Waals surface area (Å²) in [5.41, 5.74) is 0. The molecule has 0 aromatic carbocycles. The first kappa shape index (κ1) is 19.2. The fourth-order valence-electron chi connectivity index (χ4n) is 3.19. The standard InChI is InChI=1S/C20H34O2/c1-3-5-7-8-10-12-19-17(14-16-20(19)22)13-15-18(21)11-9-6-4-2/h7-8,13,15,17-19,21H,3-6,9-12,14,16H2,1-2H3/b8-7-,15-13+. The molecule has 0 spiro atoms. The smallest absolute Gasteiger partial charge is 0.136 e. The molecule has 0 heterocycles. The van der Waals surface area contributed by atoms with Gasteiger partial charge in [0.1, 0.15) is 5.78 Å². The van der Waals surface area contributed by atoms with Crippen molar-refractivity contribution in [2.24, 2.45) is 11.8 Å². The van der Waals surface area contributed by atoms with Crippen LogP contribution in [0.5, 0.6) is 0 Å². The zero-order chi connectivity index (χ0) is 16.2. The number of allylic oxidation sites excluding steroid dienone is 3. The topological polar surface area (TPSA) is 37.3 Å². The Kier molecular flexibility index (Phi) is 10.1. The molecule has 2 heteroatoms. The summed E-state index contributed by atoms with van der Waals surface area (Å²) in [4.78, 5) is 12.0. The molecule has 1 fully saturated rings. The molecule has 3 unspecified atom stereocenters. The number of unbranched alkanes of at least 4 members (excludes halogenated alkanes) is 3. The van der Waals surface area contributed by atoms with Crippen molar-refractivity contribution in [1.29, 1.82) is 0 Å². The van der Waals surface area contributed by atoms with Crippen molar-refractivity contribution >= 4 is 5.78 Å². The Morgan fingerprint density at radius 2 is 1.95 bits per heavy atom. The van der Waals surface area contributed by atoms with E-state index >= 15 is 0 Å². The maximum absolute atomic E-state index is 12.0. The van der Waals surface area contributed by atoms with Gasteiger partial charge in [-0.3, -0.25) is 4.79 Å². The van der Waals surface area contributed by atoms with Gasteiger partial charge in [0.2, 0.25) is 0 Å². The molecule has 3 atom stereocenters. The van der Waals surface area contributed by atoms with Crippen molar-refractivity contribution in [2.45, 2.75) is 84.2 Å². The highest BCUT2D eigenvalue weighted by Crippen LogP contribution is 2.33. The number of aliphatic hydroxyl groups excluding tert-OH is 1. The van der Waals surface area contributed by atoms with Gasteiger partial charge in [0.05, 0.1) is 6.10 Å². The number of Topliss-reactive ketones (excluding diaryl/α,β-unsaturated/α-hetero) is 1. The van der Waals surface area contributed by atoms with Crippen molar-refractivity contribution in [2.75, 3.05) is 0 Å². The van der Waals surface area contributed by atoms with Gasteiger partial charge in [0.25, 0.3) is 0 Å². The first-order valence-electron chi connectivity index (χ1n) is 9.23. The molecule has 2 nitrogen and oxygen atoms in total. The van der Waals surface area contributed by atoms with Crippen molar-refractivity contribution < 1.29 is 9.90 Å². The summed E-state index contributed by atoms with van der Waals surface area (Å²) in [6, 6.07) is 0. The summed E-state index contributed by atoms with van der Waals surface area (Å²) in [5, 5.41) is 9.98. The number of carbonyl (C=O) groups excluding carboxylic acids is 1. The second-order valence-corrected chi connectivity index (χ2v) is 6.56. The molecule has 0 bridgehead atoms. The molecule has 1 aliphatic carbocycles. The fourth-order valence-corrected chi connectivity index (χ4v) is 3.19. The van der Waals surface area contributed by atoms with E-state index in [2.05, 4.69) is 32.1 Å². The van der Waals surface area contributed by atoms with Crippen LogP contribution < -0.4 is 0 Å². The highest BCUT2D eigenvalue weighted by Gasteiger charge is 2.32. The largest absolute Gasteiger partial charge is 0.389 e. The molecule has 1 rings (SSSR count). The van der Waals surface area contributed by atoms with Crippen molar-refractivity contribution in [3.8, 4) is 0 Å². The first-order chi connectivity index (χ1) is 10.7. The predicted octanol–water partition coefficient (Wildman–Crippen LogP) is 5.22. The lowest BCUT2D eigenvalue weighted by Gasteiger charge is -2.14. The van der Waals surface area contributed by atoms with Crippen LogP contribution in [0.25, 0.3) is 0 Å². The van der Waals surface area contributed by atoms with Crippen LogP contribution in [0.2, 0.25) is 0 Å². The van der Waals surface area contributed by atoms with Gasteiger partial charge in [-0.1, -0.05) is 63.8 Å². The summed E-state index contributed by atoms with van der Waals surface area (Å²) < 4.78 is 0. The van der Waals surface area contributed by atoms with Crippen LogP contribution in [0.1, 0.15) is 78.1 Å². The Balaban J connectivity index is 2.38. The molecule has 1 aliphatic rings. The van der Waals surface area contributed by atoms with Gasteiger partial charge >= 0.3 is 0 Å². The highest BCUT2D eigenvalue weighted by molar-refractivity contribution is 5.83. The van der Waals surface area contributed by atoms with Gasteiger partial charge in [0, 0.05) is 12.3 Å². The third kappa shape index (κ3) is 7.40. The zero-order valence-corrected chi connectivity index (χ0v) is 14.5. The molecule has 0 radical (unpaired) electrons. The number of hydrogen-bond acceptors (Lipinski definition) is 2. The predicted molar refractivity (Wildman–Crippen MR) is 93.8 cm³/mol. The van der Waals surface area contributed by atoms with Gasteiger partial charge in [-0.05, 0) is 38.0 Å². The van der Waals surface area contributed by atoms with Crippen molar-refractivity contribution in [3.05, 3.63) is 24.3 Å². The molecule has 22 heavy (non-hydrogen) atoms. The summed E-state index contributed by atoms with van der Waals surface area (Å²) >= 11 is 0. The second kappa shape index (κ2) is 11.6. The van der Waals surface area contributed by atoms with E-state index in [1.165, 1.54) is 19.3 Å². The van der Waals surface area contributed by atoms with E-state index in [4.69, 9.17) is 0 Å². The van der Waals surface area contributed by atoms with Crippen LogP contribution in [-0.4, -0.2) is 17.0 Å². The number of ketones is 1. The van der Waals surface area contributed by atoms with Crippen LogP contribution in [0.4, 0.5) is 0 Å². The van der Waals surface area contributed by atoms with Gasteiger partial charge in [-0.2, -0.15) is 0 Å². The third-order valence-corrected chi connectivity index (χ3v) is 4.60. The number of carbonyl (C=O) groups is 1. The number of hydrogen-bond donors (Lipinski definition) is 1. The van der Waals surface area contributed by atoms with E-state index in [-0.39, 0.29) is 12.0 Å². The van der Waals surface area contributed by atoms with E-state index < -0.39 is 0 Å². The molecule has 0 amide bonds. The van der Waals surface area contributed by atoms with E-state index in [9.17, 15) is 9.90 Å². The van der Waals surface area contributed by atoms with Crippen LogP contribution in [0.15, 0.2) is 24.3 Å². The summed E-state index contributed by atoms with van der Waals surface area (Å²) in [5.74, 6) is 0.928. The van der Waals surface area contributed by atoms with Gasteiger partial charge in [-0.25, -0.2) is 0 Å². The molecule has 0 aliphatic heterocycles. The maximum atomic E-state index is 12.0. The van der Waals surface area contributed by atoms with Crippen LogP contribution in [0, 0.1) is 11.8 Å². The highest BCUT2D eigenvalue weighted by atomic mass is 16.3. The minimum absolute atomic E-state index is 0.172. The van der Waals surface area contributed by atoms with E-state index in [1.54, 1.807) is 0 Å². The van der Waals surface area contributed by atoms with Gasteiger partial charge in [0.15, 0.2) is 0 Å². The van der Waals surface area contributed by atoms with E-state index in [0.717, 1.165) is 38.5 Å². The molecule has 1 saturated carbocycles. The second-order valence-electron chi connectivity index (χ2n) is 6.56. The van der Waals surface area contributed by atoms with Crippen molar-refractivity contribution in [3.63, 3.8) is 0 Å². The number of rotatable bonds is 11. The number of aliphatic hydroxyl groups is 1.